The van der Waals surface area contributed by atoms with Gasteiger partial charge in [-0.25, -0.2) is 4.98 Å². The second-order valence-corrected chi connectivity index (χ2v) is 5.98. The molecule has 1 fully saturated rings. The van der Waals surface area contributed by atoms with Crippen LogP contribution in [0.1, 0.15) is 17.3 Å². The van der Waals surface area contributed by atoms with Gasteiger partial charge in [-0.15, -0.1) is 0 Å². The van der Waals surface area contributed by atoms with Crippen molar-refractivity contribution in [2.75, 3.05) is 20.2 Å². The molecule has 6 nitrogen and oxygen atoms in total. The minimum atomic E-state index is -0.750. The summed E-state index contributed by atoms with van der Waals surface area (Å²) in [6.07, 6.45) is 3.67. The van der Waals surface area contributed by atoms with Crippen molar-refractivity contribution in [1.82, 2.24) is 14.5 Å². The van der Waals surface area contributed by atoms with E-state index in [0.29, 0.717) is 19.6 Å². The van der Waals surface area contributed by atoms with Crippen molar-refractivity contribution < 1.29 is 14.6 Å². The Balaban J connectivity index is 1.81. The van der Waals surface area contributed by atoms with Gasteiger partial charge < -0.3 is 14.4 Å². The van der Waals surface area contributed by atoms with E-state index < -0.39 is 11.9 Å². The normalized spacial score (nSPS) is 21.5. The van der Waals surface area contributed by atoms with Crippen LogP contribution in [0.25, 0.3) is 0 Å². The van der Waals surface area contributed by atoms with Gasteiger partial charge in [0.2, 0.25) is 0 Å². The van der Waals surface area contributed by atoms with Crippen LogP contribution < -0.4 is 4.74 Å². The molecule has 1 saturated heterocycles. The molecule has 0 radical (unpaired) electrons. The monoisotopic (exact) mass is 315 g/mol. The maximum atomic E-state index is 11.7. The third-order valence-electron chi connectivity index (χ3n) is 4.52. The molecule has 0 aliphatic carbocycles. The predicted molar refractivity (Wildman–Crippen MR) is 85.3 cm³/mol. The summed E-state index contributed by atoms with van der Waals surface area (Å²) in [5.41, 5.74) is 1.01. The van der Waals surface area contributed by atoms with E-state index in [-0.39, 0.29) is 5.92 Å². The number of likely N-dealkylation sites (tertiary alicyclic amines) is 1. The van der Waals surface area contributed by atoms with E-state index in [4.69, 9.17) is 4.74 Å². The quantitative estimate of drug-likeness (QED) is 0.910. The number of aromatic nitrogens is 2. The van der Waals surface area contributed by atoms with E-state index >= 15 is 0 Å². The van der Waals surface area contributed by atoms with Crippen LogP contribution in [0.2, 0.25) is 0 Å². The molecule has 0 bridgehead atoms. The van der Waals surface area contributed by atoms with Gasteiger partial charge in [-0.2, -0.15) is 0 Å². The van der Waals surface area contributed by atoms with Crippen molar-refractivity contribution in [2.24, 2.45) is 13.0 Å². The first-order valence-corrected chi connectivity index (χ1v) is 7.64. The average Bonchev–Trinajstić information content (AvgIpc) is 3.15. The lowest BCUT2D eigenvalue weighted by atomic mass is 9.89. The second-order valence-electron chi connectivity index (χ2n) is 5.98. The number of hydrogen-bond donors (Lipinski definition) is 1. The molecule has 1 aliphatic heterocycles. The van der Waals surface area contributed by atoms with Crippen LogP contribution in [-0.4, -0.2) is 45.7 Å². The number of carboxylic acid groups (broad SMARTS) is 1. The van der Waals surface area contributed by atoms with Crippen LogP contribution in [0, 0.1) is 5.92 Å². The molecule has 1 aliphatic rings. The summed E-state index contributed by atoms with van der Waals surface area (Å²) in [5.74, 6) is 0.500. The van der Waals surface area contributed by atoms with E-state index in [1.165, 1.54) is 0 Å². The Labute approximate surface area is 135 Å². The van der Waals surface area contributed by atoms with E-state index in [2.05, 4.69) is 9.88 Å². The third-order valence-corrected chi connectivity index (χ3v) is 4.52. The molecule has 2 atom stereocenters. The molecule has 0 spiro atoms. The molecule has 2 aromatic rings. The summed E-state index contributed by atoms with van der Waals surface area (Å²) >= 11 is 0. The van der Waals surface area contributed by atoms with Crippen LogP contribution in [0.3, 0.4) is 0 Å². The highest BCUT2D eigenvalue weighted by molar-refractivity contribution is 5.72. The summed E-state index contributed by atoms with van der Waals surface area (Å²) < 4.78 is 7.23. The fourth-order valence-electron chi connectivity index (χ4n) is 3.22. The molecule has 1 aromatic heterocycles. The molecule has 6 heteroatoms. The Morgan fingerprint density at radius 2 is 2.26 bits per heavy atom. The lowest BCUT2D eigenvalue weighted by Gasteiger charge is -2.16. The SMILES string of the molecule is COc1cccc([C@@H]2CN(Cc3nccn3C)C[C@H]2C(=O)O)c1. The highest BCUT2D eigenvalue weighted by Crippen LogP contribution is 2.34. The van der Waals surface area contributed by atoms with Gasteiger partial charge in [0.25, 0.3) is 0 Å². The fraction of sp³-hybridized carbons (Fsp3) is 0.412. The Kier molecular flexibility index (Phi) is 4.34. The largest absolute Gasteiger partial charge is 0.497 e. The summed E-state index contributed by atoms with van der Waals surface area (Å²) in [7, 11) is 3.57. The lowest BCUT2D eigenvalue weighted by molar-refractivity contribution is -0.141. The molecular formula is C17H21N3O3. The fourth-order valence-corrected chi connectivity index (χ4v) is 3.22. The zero-order chi connectivity index (χ0) is 16.4. The predicted octanol–water partition coefficient (Wildman–Crippen LogP) is 1.73. The molecule has 23 heavy (non-hydrogen) atoms. The zero-order valence-electron chi connectivity index (χ0n) is 13.3. The molecular weight excluding hydrogens is 294 g/mol. The highest BCUT2D eigenvalue weighted by Gasteiger charge is 2.38. The number of aliphatic carboxylic acids is 1. The minimum Gasteiger partial charge on any atom is -0.497 e. The standard InChI is InChI=1S/C17H21N3O3/c1-19-7-6-18-16(19)11-20-9-14(15(10-20)17(21)22)12-4-3-5-13(8-12)23-2/h3-8,14-15H,9-11H2,1-2H3,(H,21,22)/t14-,15+/m0/s1. The maximum Gasteiger partial charge on any atom is 0.308 e. The molecule has 0 saturated carbocycles. The topological polar surface area (TPSA) is 67.6 Å². The summed E-state index contributed by atoms with van der Waals surface area (Å²) in [6, 6.07) is 7.70. The lowest BCUT2D eigenvalue weighted by Crippen LogP contribution is -2.24. The van der Waals surface area contributed by atoms with Crippen molar-refractivity contribution in [3.63, 3.8) is 0 Å². The van der Waals surface area contributed by atoms with Crippen molar-refractivity contribution in [1.29, 1.82) is 0 Å². The Morgan fingerprint density at radius 3 is 2.91 bits per heavy atom. The number of nitrogens with zero attached hydrogens (tertiary/aromatic N) is 3. The maximum absolute atomic E-state index is 11.7. The highest BCUT2D eigenvalue weighted by atomic mass is 16.5. The summed E-state index contributed by atoms with van der Waals surface area (Å²) in [6.45, 7) is 1.90. The molecule has 0 amide bonds. The van der Waals surface area contributed by atoms with Crippen LogP contribution >= 0.6 is 0 Å². The van der Waals surface area contributed by atoms with Gasteiger partial charge in [-0.1, -0.05) is 12.1 Å². The van der Waals surface area contributed by atoms with Crippen LogP contribution in [-0.2, 0) is 18.4 Å². The summed E-state index contributed by atoms with van der Waals surface area (Å²) in [4.78, 5) is 18.2. The van der Waals surface area contributed by atoms with Gasteiger partial charge >= 0.3 is 5.97 Å². The number of ether oxygens (including phenoxy) is 1. The molecule has 1 N–H and O–H groups in total. The Hall–Kier alpha value is -2.34. The Bertz CT molecular complexity index is 698. The van der Waals surface area contributed by atoms with Gasteiger partial charge in [0.15, 0.2) is 0 Å². The number of aryl methyl sites for hydroxylation is 1. The van der Waals surface area contributed by atoms with Crippen LogP contribution in [0.4, 0.5) is 0 Å². The van der Waals surface area contributed by atoms with Crippen LogP contribution in [0.15, 0.2) is 36.7 Å². The van der Waals surface area contributed by atoms with Gasteiger partial charge in [0.1, 0.15) is 11.6 Å². The first-order chi connectivity index (χ1) is 11.1. The molecule has 1 aromatic carbocycles. The van der Waals surface area contributed by atoms with Gasteiger partial charge in [-0.05, 0) is 17.7 Å². The molecule has 3 rings (SSSR count). The second kappa shape index (κ2) is 6.42. The molecule has 122 valence electrons. The van der Waals surface area contributed by atoms with Gasteiger partial charge in [0.05, 0.1) is 19.6 Å². The number of carboxylic acids is 1. The third kappa shape index (κ3) is 3.22. The van der Waals surface area contributed by atoms with Gasteiger partial charge in [0, 0.05) is 38.4 Å². The first-order valence-electron chi connectivity index (χ1n) is 7.64. The van der Waals surface area contributed by atoms with E-state index in [9.17, 15) is 9.90 Å². The van der Waals surface area contributed by atoms with Crippen molar-refractivity contribution in [3.05, 3.63) is 48.0 Å². The number of benzene rings is 1. The van der Waals surface area contributed by atoms with Crippen molar-refractivity contribution >= 4 is 5.97 Å². The van der Waals surface area contributed by atoms with Crippen molar-refractivity contribution in [3.8, 4) is 5.75 Å². The Morgan fingerprint density at radius 1 is 1.43 bits per heavy atom. The average molecular weight is 315 g/mol. The number of rotatable bonds is 5. The molecule has 0 unspecified atom stereocenters. The van der Waals surface area contributed by atoms with E-state index in [0.717, 1.165) is 17.1 Å². The number of imidazole rings is 1. The number of methoxy groups -OCH3 is 1. The van der Waals surface area contributed by atoms with E-state index in [1.807, 2.05) is 42.1 Å². The number of carbonyl (C=O) groups is 1. The zero-order valence-corrected chi connectivity index (χ0v) is 13.3. The minimum absolute atomic E-state index is 0.0390. The summed E-state index contributed by atoms with van der Waals surface area (Å²) in [5, 5.41) is 9.59. The number of hydrogen-bond acceptors (Lipinski definition) is 4. The smallest absolute Gasteiger partial charge is 0.308 e. The van der Waals surface area contributed by atoms with Crippen LogP contribution in [0.5, 0.6) is 5.75 Å². The van der Waals surface area contributed by atoms with Crippen molar-refractivity contribution in [2.45, 2.75) is 12.5 Å². The van der Waals surface area contributed by atoms with Gasteiger partial charge in [-0.3, -0.25) is 9.69 Å². The van der Waals surface area contributed by atoms with E-state index in [1.54, 1.807) is 13.3 Å². The molecule has 2 heterocycles. The first kappa shape index (κ1) is 15.6.